The van der Waals surface area contributed by atoms with Crippen LogP contribution in [-0.2, 0) is 9.59 Å². The summed E-state index contributed by atoms with van der Waals surface area (Å²) in [4.78, 5) is 25.1. The quantitative estimate of drug-likeness (QED) is 0.720. The van der Waals surface area contributed by atoms with Crippen LogP contribution in [0.15, 0.2) is 0 Å². The van der Waals surface area contributed by atoms with Crippen LogP contribution in [0.4, 0.5) is 0 Å². The zero-order chi connectivity index (χ0) is 13.8. The van der Waals surface area contributed by atoms with Crippen molar-refractivity contribution in [3.05, 3.63) is 0 Å². The van der Waals surface area contributed by atoms with Crippen LogP contribution < -0.4 is 5.32 Å². The molecule has 18 heavy (non-hydrogen) atoms. The summed E-state index contributed by atoms with van der Waals surface area (Å²) in [6, 6.07) is 0. The molecule has 1 aliphatic heterocycles. The van der Waals surface area contributed by atoms with Crippen LogP contribution in [0.2, 0.25) is 0 Å². The molecule has 1 aliphatic rings. The molecule has 1 fully saturated rings. The fraction of sp³-hybridized carbons (Fsp3) is 0.833. The number of thioether (sulfide) groups is 1. The highest BCUT2D eigenvalue weighted by molar-refractivity contribution is 7.98. The molecule has 1 saturated heterocycles. The van der Waals surface area contributed by atoms with Gasteiger partial charge in [-0.3, -0.25) is 9.59 Å². The molecule has 0 saturated carbocycles. The van der Waals surface area contributed by atoms with Gasteiger partial charge < -0.3 is 15.3 Å². The van der Waals surface area contributed by atoms with Gasteiger partial charge in [0, 0.05) is 31.8 Å². The van der Waals surface area contributed by atoms with Crippen molar-refractivity contribution in [2.75, 3.05) is 31.6 Å². The van der Waals surface area contributed by atoms with E-state index in [1.807, 2.05) is 13.2 Å². The predicted molar refractivity (Wildman–Crippen MR) is 72.4 cm³/mol. The van der Waals surface area contributed by atoms with Gasteiger partial charge in [-0.1, -0.05) is 0 Å². The number of rotatable bonds is 6. The molecular weight excluding hydrogens is 252 g/mol. The van der Waals surface area contributed by atoms with Crippen LogP contribution in [0.5, 0.6) is 0 Å². The molecule has 0 spiro atoms. The van der Waals surface area contributed by atoms with Gasteiger partial charge in [-0.15, -0.1) is 0 Å². The first kappa shape index (κ1) is 15.3. The van der Waals surface area contributed by atoms with Crippen LogP contribution in [0.1, 0.15) is 20.3 Å². The minimum absolute atomic E-state index is 0.0357. The monoisotopic (exact) mass is 274 g/mol. The Balaban J connectivity index is 2.41. The van der Waals surface area contributed by atoms with Gasteiger partial charge in [-0.25, -0.2) is 0 Å². The highest BCUT2D eigenvalue weighted by atomic mass is 32.2. The number of nitrogens with one attached hydrogen (secondary N) is 1. The maximum atomic E-state index is 11.9. The van der Waals surface area contributed by atoms with E-state index in [-0.39, 0.29) is 30.7 Å². The Kier molecular flexibility index (Phi) is 5.47. The largest absolute Gasteiger partial charge is 0.387 e. The van der Waals surface area contributed by atoms with Crippen molar-refractivity contribution in [1.82, 2.24) is 10.2 Å². The van der Waals surface area contributed by atoms with E-state index >= 15 is 0 Å². The summed E-state index contributed by atoms with van der Waals surface area (Å²) < 4.78 is 0. The molecule has 5 nitrogen and oxygen atoms in total. The number of hydrogen-bond acceptors (Lipinski definition) is 4. The molecule has 0 aliphatic carbocycles. The molecule has 1 heterocycles. The second-order valence-corrected chi connectivity index (χ2v) is 5.85. The molecule has 0 aromatic heterocycles. The van der Waals surface area contributed by atoms with E-state index in [1.165, 1.54) is 11.8 Å². The number of nitrogens with zero attached hydrogens (tertiary/aromatic N) is 1. The Morgan fingerprint density at radius 3 is 2.83 bits per heavy atom. The maximum Gasteiger partial charge on any atom is 0.225 e. The third-order valence-corrected chi connectivity index (χ3v) is 3.98. The Morgan fingerprint density at radius 1 is 1.67 bits per heavy atom. The number of hydrogen-bond donors (Lipinski definition) is 2. The van der Waals surface area contributed by atoms with E-state index in [0.29, 0.717) is 18.8 Å². The molecule has 2 atom stereocenters. The van der Waals surface area contributed by atoms with E-state index in [4.69, 9.17) is 0 Å². The van der Waals surface area contributed by atoms with Crippen molar-refractivity contribution in [3.63, 3.8) is 0 Å². The molecule has 0 radical (unpaired) electrons. The highest BCUT2D eigenvalue weighted by Crippen LogP contribution is 2.18. The minimum Gasteiger partial charge on any atom is -0.387 e. The fourth-order valence-electron chi connectivity index (χ4n) is 2.04. The average Bonchev–Trinajstić information content (AvgIpc) is 2.67. The molecule has 0 bridgehead atoms. The second kappa shape index (κ2) is 6.43. The van der Waals surface area contributed by atoms with Crippen LogP contribution in [0.3, 0.4) is 0 Å². The molecular formula is C12H22N2O3S. The van der Waals surface area contributed by atoms with Gasteiger partial charge in [-0.2, -0.15) is 11.8 Å². The first-order chi connectivity index (χ1) is 8.39. The van der Waals surface area contributed by atoms with Crippen LogP contribution >= 0.6 is 11.8 Å². The van der Waals surface area contributed by atoms with Crippen molar-refractivity contribution in [3.8, 4) is 0 Å². The third kappa shape index (κ3) is 4.17. The molecule has 1 rings (SSSR count). The lowest BCUT2D eigenvalue weighted by Gasteiger charge is -2.23. The zero-order valence-electron chi connectivity index (χ0n) is 11.2. The van der Waals surface area contributed by atoms with E-state index in [2.05, 4.69) is 5.32 Å². The van der Waals surface area contributed by atoms with Gasteiger partial charge in [0.15, 0.2) is 0 Å². The van der Waals surface area contributed by atoms with Gasteiger partial charge in [0.25, 0.3) is 0 Å². The van der Waals surface area contributed by atoms with Gasteiger partial charge in [0.05, 0.1) is 11.5 Å². The van der Waals surface area contributed by atoms with Crippen molar-refractivity contribution in [1.29, 1.82) is 0 Å². The summed E-state index contributed by atoms with van der Waals surface area (Å²) in [5, 5.41) is 12.7. The van der Waals surface area contributed by atoms with Crippen LogP contribution in [0.25, 0.3) is 0 Å². The lowest BCUT2D eigenvalue weighted by molar-refractivity contribution is -0.129. The average molecular weight is 274 g/mol. The minimum atomic E-state index is -0.901. The van der Waals surface area contributed by atoms with Crippen LogP contribution in [-0.4, -0.2) is 59.1 Å². The number of amides is 2. The number of carbonyl (C=O) groups excluding carboxylic acids is 2. The molecule has 0 aromatic carbocycles. The van der Waals surface area contributed by atoms with Gasteiger partial charge in [-0.05, 0) is 20.1 Å². The first-order valence-corrected chi connectivity index (χ1v) is 7.56. The zero-order valence-corrected chi connectivity index (χ0v) is 12.0. The lowest BCUT2D eigenvalue weighted by atomic mass is 10.1. The summed E-state index contributed by atoms with van der Waals surface area (Å²) in [5.41, 5.74) is -0.901. The third-order valence-electron chi connectivity index (χ3n) is 3.07. The Morgan fingerprint density at radius 2 is 2.33 bits per heavy atom. The van der Waals surface area contributed by atoms with E-state index in [0.717, 1.165) is 0 Å². The topological polar surface area (TPSA) is 69.6 Å². The van der Waals surface area contributed by atoms with Gasteiger partial charge in [0.1, 0.15) is 0 Å². The second-order valence-electron chi connectivity index (χ2n) is 4.98. The molecule has 2 unspecified atom stereocenters. The summed E-state index contributed by atoms with van der Waals surface area (Å²) in [7, 11) is 0. The summed E-state index contributed by atoms with van der Waals surface area (Å²) in [5.74, 6) is 0.189. The Hall–Kier alpha value is -0.750. The summed E-state index contributed by atoms with van der Waals surface area (Å²) >= 11 is 1.53. The Labute approximate surface area is 112 Å². The SMILES string of the molecule is CCN1CC(C(=O)NCC(C)(O)CSC)CC1=O. The van der Waals surface area contributed by atoms with Crippen molar-refractivity contribution < 1.29 is 14.7 Å². The smallest absolute Gasteiger partial charge is 0.225 e. The van der Waals surface area contributed by atoms with Crippen molar-refractivity contribution in [2.24, 2.45) is 5.92 Å². The number of carbonyl (C=O) groups is 2. The number of likely N-dealkylation sites (tertiary alicyclic amines) is 1. The van der Waals surface area contributed by atoms with E-state index in [1.54, 1.807) is 11.8 Å². The van der Waals surface area contributed by atoms with Crippen molar-refractivity contribution >= 4 is 23.6 Å². The Bertz CT molecular complexity index is 320. The van der Waals surface area contributed by atoms with Crippen molar-refractivity contribution in [2.45, 2.75) is 25.9 Å². The van der Waals surface area contributed by atoms with E-state index in [9.17, 15) is 14.7 Å². The van der Waals surface area contributed by atoms with Crippen LogP contribution in [0, 0.1) is 5.92 Å². The molecule has 6 heteroatoms. The highest BCUT2D eigenvalue weighted by Gasteiger charge is 2.34. The molecule has 104 valence electrons. The van der Waals surface area contributed by atoms with E-state index < -0.39 is 5.60 Å². The lowest BCUT2D eigenvalue weighted by Crippen LogP contribution is -2.44. The molecule has 0 aromatic rings. The van der Waals surface area contributed by atoms with Gasteiger partial charge in [0.2, 0.25) is 11.8 Å². The predicted octanol–water partition coefficient (Wildman–Crippen LogP) is 0.0850. The molecule has 2 N–H and O–H groups in total. The summed E-state index contributed by atoms with van der Waals surface area (Å²) in [6.45, 7) is 4.96. The molecule has 2 amide bonds. The normalized spacial score (nSPS) is 23.0. The fourth-order valence-corrected chi connectivity index (χ4v) is 2.76. The number of aliphatic hydroxyl groups is 1. The summed E-state index contributed by atoms with van der Waals surface area (Å²) in [6.07, 6.45) is 2.19. The van der Waals surface area contributed by atoms with Gasteiger partial charge >= 0.3 is 0 Å². The standard InChI is InChI=1S/C12H22N2O3S/c1-4-14-6-9(5-10(14)15)11(16)13-7-12(2,17)8-18-3/h9,17H,4-8H2,1-3H3,(H,13,16). The first-order valence-electron chi connectivity index (χ1n) is 6.16. The maximum absolute atomic E-state index is 11.9.